The number of nitrogens with one attached hydrogen (secondary N) is 1. The van der Waals surface area contributed by atoms with Gasteiger partial charge >= 0.3 is 5.69 Å². The Morgan fingerprint density at radius 2 is 2.24 bits per heavy atom. The molecule has 94 valence electrons. The first kappa shape index (κ1) is 12.7. The molecule has 0 spiro atoms. The maximum absolute atomic E-state index is 13.7. The molecule has 0 saturated carbocycles. The van der Waals surface area contributed by atoms with Gasteiger partial charge in [0.05, 0.1) is 9.67 Å². The van der Waals surface area contributed by atoms with Crippen molar-refractivity contribution >= 4 is 22.6 Å². The predicted molar refractivity (Wildman–Crippen MR) is 64.5 cm³/mol. The SMILES string of the molecule is C[C@H]1O[C@@H](n2cc(I)c(=O)[nH]c2=O)[C@@H](F)[C@@H]1O. The largest absolute Gasteiger partial charge is 0.387 e. The van der Waals surface area contributed by atoms with Gasteiger partial charge in [-0.25, -0.2) is 9.18 Å². The third kappa shape index (κ3) is 2.16. The highest BCUT2D eigenvalue weighted by Gasteiger charge is 2.43. The average molecular weight is 356 g/mol. The molecule has 0 unspecified atom stereocenters. The lowest BCUT2D eigenvalue weighted by Crippen LogP contribution is -2.36. The second kappa shape index (κ2) is 4.50. The molecule has 6 nitrogen and oxygen atoms in total. The van der Waals surface area contributed by atoms with E-state index in [0.29, 0.717) is 0 Å². The summed E-state index contributed by atoms with van der Waals surface area (Å²) >= 11 is 1.73. The van der Waals surface area contributed by atoms with Gasteiger partial charge in [0.2, 0.25) is 0 Å². The van der Waals surface area contributed by atoms with E-state index >= 15 is 0 Å². The van der Waals surface area contributed by atoms with E-state index in [2.05, 4.69) is 4.98 Å². The van der Waals surface area contributed by atoms with Crippen LogP contribution in [0.5, 0.6) is 0 Å². The summed E-state index contributed by atoms with van der Waals surface area (Å²) in [6.07, 6.45) is -3.69. The quantitative estimate of drug-likeness (QED) is 0.681. The molecule has 0 amide bonds. The maximum Gasteiger partial charge on any atom is 0.330 e. The van der Waals surface area contributed by atoms with Crippen LogP contribution in [0, 0.1) is 3.57 Å². The van der Waals surface area contributed by atoms with Crippen molar-refractivity contribution in [1.82, 2.24) is 9.55 Å². The highest BCUT2D eigenvalue weighted by Crippen LogP contribution is 2.30. The first-order valence-corrected chi connectivity index (χ1v) is 5.98. The van der Waals surface area contributed by atoms with E-state index in [1.54, 1.807) is 22.6 Å². The molecule has 2 N–H and O–H groups in total. The van der Waals surface area contributed by atoms with Gasteiger partial charge in [-0.3, -0.25) is 14.3 Å². The number of rotatable bonds is 1. The fraction of sp³-hybridized carbons (Fsp3) is 0.556. The summed E-state index contributed by atoms with van der Waals surface area (Å²) in [6, 6.07) is 0. The first-order valence-electron chi connectivity index (χ1n) is 4.90. The summed E-state index contributed by atoms with van der Waals surface area (Å²) in [5, 5.41) is 9.42. The van der Waals surface area contributed by atoms with Gasteiger partial charge < -0.3 is 9.84 Å². The van der Waals surface area contributed by atoms with Crippen molar-refractivity contribution in [2.45, 2.75) is 31.5 Å². The number of ether oxygens (including phenoxy) is 1. The lowest BCUT2D eigenvalue weighted by Gasteiger charge is -2.15. The second-order valence-corrected chi connectivity index (χ2v) is 4.97. The van der Waals surface area contributed by atoms with Gasteiger partial charge in [0.25, 0.3) is 5.56 Å². The molecule has 2 rings (SSSR count). The Labute approximate surface area is 109 Å². The molecule has 1 aromatic heterocycles. The van der Waals surface area contributed by atoms with Crippen molar-refractivity contribution in [2.75, 3.05) is 0 Å². The summed E-state index contributed by atoms with van der Waals surface area (Å²) in [5.74, 6) is 0. The number of nitrogens with zero attached hydrogens (tertiary/aromatic N) is 1. The highest BCUT2D eigenvalue weighted by molar-refractivity contribution is 14.1. The van der Waals surface area contributed by atoms with Crippen molar-refractivity contribution in [3.05, 3.63) is 30.6 Å². The fourth-order valence-corrected chi connectivity index (χ4v) is 2.11. The summed E-state index contributed by atoms with van der Waals surface area (Å²) in [4.78, 5) is 24.7. The number of aromatic nitrogens is 2. The van der Waals surface area contributed by atoms with Gasteiger partial charge in [-0.1, -0.05) is 0 Å². The molecule has 0 aromatic carbocycles. The molecule has 0 radical (unpaired) electrons. The van der Waals surface area contributed by atoms with E-state index in [9.17, 15) is 19.1 Å². The minimum absolute atomic E-state index is 0.243. The molecule has 2 heterocycles. The zero-order chi connectivity index (χ0) is 12.7. The Hall–Kier alpha value is -0.740. The van der Waals surface area contributed by atoms with E-state index in [1.165, 1.54) is 13.1 Å². The third-order valence-electron chi connectivity index (χ3n) is 2.63. The van der Waals surface area contributed by atoms with Crippen LogP contribution < -0.4 is 11.2 Å². The fourth-order valence-electron chi connectivity index (χ4n) is 1.67. The lowest BCUT2D eigenvalue weighted by atomic mass is 10.2. The number of aliphatic hydroxyl groups excluding tert-OH is 1. The van der Waals surface area contributed by atoms with E-state index in [0.717, 1.165) is 4.57 Å². The van der Waals surface area contributed by atoms with Gasteiger partial charge in [-0.15, -0.1) is 0 Å². The standard InChI is InChI=1S/C9H10FIN2O4/c1-3-6(14)5(10)8(17-3)13-2-4(11)7(15)12-9(13)16/h2-3,5-6,8,14H,1H3,(H,12,15,16)/t3-,5+,6-,8-/m1/s1. The smallest absolute Gasteiger partial charge is 0.330 e. The number of halogens is 2. The Morgan fingerprint density at radius 1 is 1.59 bits per heavy atom. The van der Waals surface area contributed by atoms with Crippen molar-refractivity contribution < 1.29 is 14.2 Å². The normalized spacial score (nSPS) is 32.9. The molecule has 1 aliphatic rings. The monoisotopic (exact) mass is 356 g/mol. The number of H-pyrrole nitrogens is 1. The topological polar surface area (TPSA) is 84.3 Å². The third-order valence-corrected chi connectivity index (χ3v) is 3.40. The van der Waals surface area contributed by atoms with Crippen LogP contribution in [0.1, 0.15) is 13.2 Å². The summed E-state index contributed by atoms with van der Waals surface area (Å²) in [6.45, 7) is 1.51. The Morgan fingerprint density at radius 3 is 2.76 bits per heavy atom. The molecule has 8 heteroatoms. The molecule has 1 saturated heterocycles. The van der Waals surface area contributed by atoms with Crippen LogP contribution in [0.15, 0.2) is 15.8 Å². The molecule has 0 aliphatic carbocycles. The molecule has 1 aliphatic heterocycles. The summed E-state index contributed by atoms with van der Waals surface area (Å²) in [5.41, 5.74) is -1.29. The molecule has 17 heavy (non-hydrogen) atoms. The zero-order valence-corrected chi connectivity index (χ0v) is 10.9. The lowest BCUT2D eigenvalue weighted by molar-refractivity contribution is -0.0186. The van der Waals surface area contributed by atoms with Crippen molar-refractivity contribution in [1.29, 1.82) is 0 Å². The van der Waals surface area contributed by atoms with Gasteiger partial charge in [0.1, 0.15) is 6.10 Å². The van der Waals surface area contributed by atoms with Crippen LogP contribution in [0.4, 0.5) is 4.39 Å². The van der Waals surface area contributed by atoms with E-state index in [4.69, 9.17) is 4.74 Å². The molecule has 4 atom stereocenters. The van der Waals surface area contributed by atoms with Gasteiger partial charge in [0, 0.05) is 6.20 Å². The molecule has 1 fully saturated rings. The van der Waals surface area contributed by atoms with Crippen LogP contribution in [-0.2, 0) is 4.74 Å². The van der Waals surface area contributed by atoms with E-state index in [1.807, 2.05) is 0 Å². The van der Waals surface area contributed by atoms with Gasteiger partial charge in [0.15, 0.2) is 12.4 Å². The van der Waals surface area contributed by atoms with Gasteiger partial charge in [-0.2, -0.15) is 0 Å². The van der Waals surface area contributed by atoms with Crippen molar-refractivity contribution in [3.63, 3.8) is 0 Å². The van der Waals surface area contributed by atoms with Crippen LogP contribution >= 0.6 is 22.6 Å². The molecular weight excluding hydrogens is 346 g/mol. The number of aromatic amines is 1. The zero-order valence-electron chi connectivity index (χ0n) is 8.76. The Kier molecular flexibility index (Phi) is 3.36. The Bertz CT molecular complexity index is 543. The number of alkyl halides is 1. The van der Waals surface area contributed by atoms with E-state index < -0.39 is 35.9 Å². The number of aliphatic hydroxyl groups is 1. The van der Waals surface area contributed by atoms with Crippen molar-refractivity contribution in [3.8, 4) is 0 Å². The minimum Gasteiger partial charge on any atom is -0.387 e. The Balaban J connectivity index is 2.46. The molecule has 1 aromatic rings. The summed E-state index contributed by atoms with van der Waals surface area (Å²) in [7, 11) is 0. The molecule has 0 bridgehead atoms. The number of hydrogen-bond donors (Lipinski definition) is 2. The molecular formula is C9H10FIN2O4. The predicted octanol–water partition coefficient (Wildman–Crippen LogP) is -0.243. The first-order chi connectivity index (χ1) is 7.91. The average Bonchev–Trinajstić information content (AvgIpc) is 2.51. The van der Waals surface area contributed by atoms with E-state index in [-0.39, 0.29) is 3.57 Å². The van der Waals surface area contributed by atoms with Crippen LogP contribution in [0.25, 0.3) is 0 Å². The van der Waals surface area contributed by atoms with Crippen molar-refractivity contribution in [2.24, 2.45) is 0 Å². The number of hydrogen-bond acceptors (Lipinski definition) is 4. The van der Waals surface area contributed by atoms with Crippen LogP contribution in [0.2, 0.25) is 0 Å². The second-order valence-electron chi connectivity index (χ2n) is 3.81. The van der Waals surface area contributed by atoms with Gasteiger partial charge in [-0.05, 0) is 29.5 Å². The summed E-state index contributed by atoms with van der Waals surface area (Å²) < 4.78 is 20.0. The maximum atomic E-state index is 13.7. The minimum atomic E-state index is -1.70. The van der Waals surface area contributed by atoms with Crippen LogP contribution in [-0.4, -0.2) is 33.0 Å². The highest BCUT2D eigenvalue weighted by atomic mass is 127. The van der Waals surface area contributed by atoms with Crippen LogP contribution in [0.3, 0.4) is 0 Å².